The Bertz CT molecular complexity index is 631. The van der Waals surface area contributed by atoms with Crippen molar-refractivity contribution < 1.29 is 0 Å². The number of aromatic nitrogens is 3. The number of thiophene rings is 1. The van der Waals surface area contributed by atoms with Crippen LogP contribution in [0.3, 0.4) is 0 Å². The summed E-state index contributed by atoms with van der Waals surface area (Å²) in [5.41, 5.74) is 3.26. The highest BCUT2D eigenvalue weighted by Gasteiger charge is 2.05. The van der Waals surface area contributed by atoms with Crippen molar-refractivity contribution in [3.8, 4) is 11.4 Å². The lowest BCUT2D eigenvalue weighted by Gasteiger charge is -1.99. The van der Waals surface area contributed by atoms with Gasteiger partial charge in [-0.25, -0.2) is 9.97 Å². The Kier molecular flexibility index (Phi) is 2.15. The Morgan fingerprint density at radius 2 is 2.00 bits per heavy atom. The second-order valence-electron chi connectivity index (χ2n) is 3.56. The Balaban J connectivity index is 2.22. The van der Waals surface area contributed by atoms with E-state index in [-0.39, 0.29) is 0 Å². The van der Waals surface area contributed by atoms with Crippen LogP contribution in [0.2, 0.25) is 0 Å². The number of hydrogen-bond donors (Lipinski definition) is 0. The molecule has 0 amide bonds. The summed E-state index contributed by atoms with van der Waals surface area (Å²) in [5, 5.41) is 2.11. The van der Waals surface area contributed by atoms with Gasteiger partial charge in [0.1, 0.15) is 0 Å². The summed E-state index contributed by atoms with van der Waals surface area (Å²) in [7, 11) is 0. The zero-order chi connectivity index (χ0) is 11.0. The smallest absolute Gasteiger partial charge is 0.159 e. The highest BCUT2D eigenvalue weighted by Crippen LogP contribution is 2.25. The predicted octanol–water partition coefficient (Wildman–Crippen LogP) is 3.06. The number of nitrogens with zero attached hydrogens (tertiary/aromatic N) is 3. The highest BCUT2D eigenvalue weighted by atomic mass is 32.1. The number of fused-ring (bicyclic) bond motifs is 1. The molecule has 4 heteroatoms. The fraction of sp³-hybridized carbons (Fsp3) is 0.0833. The Labute approximate surface area is 96.8 Å². The van der Waals surface area contributed by atoms with E-state index in [9.17, 15) is 0 Å². The molecule has 0 atom stereocenters. The highest BCUT2D eigenvalue weighted by molar-refractivity contribution is 7.17. The third kappa shape index (κ3) is 1.47. The number of pyridine rings is 1. The van der Waals surface area contributed by atoms with E-state index in [4.69, 9.17) is 0 Å². The lowest BCUT2D eigenvalue weighted by Crippen LogP contribution is -1.88. The third-order valence-electron chi connectivity index (χ3n) is 2.43. The minimum atomic E-state index is 0.761. The summed E-state index contributed by atoms with van der Waals surface area (Å²) in [5.74, 6) is 0.761. The molecule has 0 N–H and O–H groups in total. The molecule has 0 radical (unpaired) electrons. The topological polar surface area (TPSA) is 38.7 Å². The molecular weight excluding hydrogens is 218 g/mol. The maximum absolute atomic E-state index is 4.58. The number of rotatable bonds is 1. The van der Waals surface area contributed by atoms with E-state index in [1.807, 2.05) is 18.3 Å². The molecule has 3 aromatic heterocycles. The molecule has 0 aromatic carbocycles. The second kappa shape index (κ2) is 3.64. The van der Waals surface area contributed by atoms with Crippen molar-refractivity contribution in [2.45, 2.75) is 6.92 Å². The molecule has 3 heterocycles. The maximum atomic E-state index is 4.58. The van der Waals surface area contributed by atoms with Crippen LogP contribution in [-0.4, -0.2) is 15.0 Å². The number of hydrogen-bond acceptors (Lipinski definition) is 4. The molecule has 3 rings (SSSR count). The van der Waals surface area contributed by atoms with Crippen molar-refractivity contribution in [1.29, 1.82) is 0 Å². The van der Waals surface area contributed by atoms with Crippen LogP contribution in [0.15, 0.2) is 36.1 Å². The van der Waals surface area contributed by atoms with Gasteiger partial charge in [0, 0.05) is 24.2 Å². The van der Waals surface area contributed by atoms with Gasteiger partial charge in [0.25, 0.3) is 0 Å². The molecule has 0 aliphatic rings. The molecule has 16 heavy (non-hydrogen) atoms. The molecule has 0 unspecified atom stereocenters. The molecule has 0 spiro atoms. The van der Waals surface area contributed by atoms with Crippen molar-refractivity contribution in [3.05, 3.63) is 41.7 Å². The van der Waals surface area contributed by atoms with Crippen molar-refractivity contribution in [2.24, 2.45) is 0 Å². The van der Waals surface area contributed by atoms with Crippen LogP contribution >= 0.6 is 11.3 Å². The molecule has 0 saturated heterocycles. The Morgan fingerprint density at radius 3 is 2.81 bits per heavy atom. The van der Waals surface area contributed by atoms with Gasteiger partial charge in [-0.2, -0.15) is 0 Å². The van der Waals surface area contributed by atoms with Crippen LogP contribution in [-0.2, 0) is 0 Å². The summed E-state index contributed by atoms with van der Waals surface area (Å²) in [4.78, 5) is 12.9. The minimum absolute atomic E-state index is 0.761. The molecule has 78 valence electrons. The maximum Gasteiger partial charge on any atom is 0.159 e. The largest absolute Gasteiger partial charge is 0.265 e. The minimum Gasteiger partial charge on any atom is -0.265 e. The molecule has 0 aliphatic heterocycles. The fourth-order valence-corrected chi connectivity index (χ4v) is 2.43. The zero-order valence-corrected chi connectivity index (χ0v) is 9.53. The fourth-order valence-electron chi connectivity index (χ4n) is 1.59. The standard InChI is InChI=1S/C12H9N3S/c1-8-7-16-10-6-14-12(15-11(8)10)9-2-4-13-5-3-9/h2-7H,1H3. The Hall–Kier alpha value is -1.81. The first kappa shape index (κ1) is 9.42. The second-order valence-corrected chi connectivity index (χ2v) is 4.47. The van der Waals surface area contributed by atoms with Crippen LogP contribution in [0.4, 0.5) is 0 Å². The van der Waals surface area contributed by atoms with Gasteiger partial charge in [-0.15, -0.1) is 11.3 Å². The Morgan fingerprint density at radius 1 is 1.19 bits per heavy atom. The molecule has 0 aliphatic carbocycles. The van der Waals surface area contributed by atoms with Crippen LogP contribution in [0.5, 0.6) is 0 Å². The molecule has 3 nitrogen and oxygen atoms in total. The zero-order valence-electron chi connectivity index (χ0n) is 8.71. The third-order valence-corrected chi connectivity index (χ3v) is 3.45. The van der Waals surface area contributed by atoms with E-state index in [2.05, 4.69) is 27.3 Å². The SMILES string of the molecule is Cc1csc2cnc(-c3ccncc3)nc12. The van der Waals surface area contributed by atoms with E-state index in [0.29, 0.717) is 0 Å². The van der Waals surface area contributed by atoms with Crippen LogP contribution in [0.1, 0.15) is 5.56 Å². The van der Waals surface area contributed by atoms with Crippen molar-refractivity contribution >= 4 is 21.6 Å². The summed E-state index contributed by atoms with van der Waals surface area (Å²) >= 11 is 1.68. The number of aryl methyl sites for hydroxylation is 1. The van der Waals surface area contributed by atoms with Crippen molar-refractivity contribution in [2.75, 3.05) is 0 Å². The van der Waals surface area contributed by atoms with E-state index < -0.39 is 0 Å². The van der Waals surface area contributed by atoms with Gasteiger partial charge in [-0.1, -0.05) is 0 Å². The summed E-state index contributed by atoms with van der Waals surface area (Å²) in [6.07, 6.45) is 5.39. The van der Waals surface area contributed by atoms with E-state index in [1.165, 1.54) is 5.56 Å². The summed E-state index contributed by atoms with van der Waals surface area (Å²) in [6, 6.07) is 3.84. The first-order valence-corrected chi connectivity index (χ1v) is 5.84. The van der Waals surface area contributed by atoms with E-state index >= 15 is 0 Å². The van der Waals surface area contributed by atoms with Gasteiger partial charge in [0.05, 0.1) is 10.2 Å². The first-order chi connectivity index (χ1) is 7.84. The van der Waals surface area contributed by atoms with Gasteiger partial charge in [0.15, 0.2) is 5.82 Å². The van der Waals surface area contributed by atoms with E-state index in [0.717, 1.165) is 21.6 Å². The van der Waals surface area contributed by atoms with Gasteiger partial charge >= 0.3 is 0 Å². The van der Waals surface area contributed by atoms with Gasteiger partial charge in [-0.3, -0.25) is 4.98 Å². The van der Waals surface area contributed by atoms with Crippen LogP contribution in [0.25, 0.3) is 21.6 Å². The lowest BCUT2D eigenvalue weighted by atomic mass is 10.2. The lowest BCUT2D eigenvalue weighted by molar-refractivity contribution is 1.21. The van der Waals surface area contributed by atoms with Crippen molar-refractivity contribution in [1.82, 2.24) is 15.0 Å². The molecule has 3 aromatic rings. The molecular formula is C12H9N3S. The monoisotopic (exact) mass is 227 g/mol. The molecule has 0 saturated carbocycles. The summed E-state index contributed by atoms with van der Waals surface area (Å²) in [6.45, 7) is 2.07. The predicted molar refractivity (Wildman–Crippen MR) is 65.4 cm³/mol. The van der Waals surface area contributed by atoms with Crippen LogP contribution < -0.4 is 0 Å². The van der Waals surface area contributed by atoms with Gasteiger partial charge in [-0.05, 0) is 30.0 Å². The average Bonchev–Trinajstić information content (AvgIpc) is 2.72. The van der Waals surface area contributed by atoms with Crippen LogP contribution in [0, 0.1) is 6.92 Å². The first-order valence-electron chi connectivity index (χ1n) is 4.96. The van der Waals surface area contributed by atoms with Gasteiger partial charge < -0.3 is 0 Å². The van der Waals surface area contributed by atoms with E-state index in [1.54, 1.807) is 23.7 Å². The van der Waals surface area contributed by atoms with Crippen molar-refractivity contribution in [3.63, 3.8) is 0 Å². The summed E-state index contributed by atoms with van der Waals surface area (Å²) < 4.78 is 1.13. The average molecular weight is 227 g/mol. The quantitative estimate of drug-likeness (QED) is 0.641. The molecule has 0 fully saturated rings. The van der Waals surface area contributed by atoms with Gasteiger partial charge in [0.2, 0.25) is 0 Å². The molecule has 0 bridgehead atoms. The normalized spacial score (nSPS) is 10.8.